The van der Waals surface area contributed by atoms with Crippen LogP contribution in [0.5, 0.6) is 0 Å². The lowest BCUT2D eigenvalue weighted by Gasteiger charge is -2.34. The number of nitrogens with zero attached hydrogens (tertiary/aromatic N) is 2. The van der Waals surface area contributed by atoms with Crippen molar-refractivity contribution in [1.82, 2.24) is 9.80 Å². The van der Waals surface area contributed by atoms with Gasteiger partial charge in [-0.05, 0) is 47.5 Å². The Morgan fingerprint density at radius 2 is 1.65 bits per heavy atom. The van der Waals surface area contributed by atoms with Gasteiger partial charge in [-0.25, -0.2) is 4.79 Å². The first-order chi connectivity index (χ1) is 9.28. The first kappa shape index (κ1) is 16.8. The lowest BCUT2D eigenvalue weighted by Crippen LogP contribution is -2.45. The minimum Gasteiger partial charge on any atom is -0.444 e. The number of hydrogen-bond acceptors (Lipinski definition) is 3. The molecule has 0 aromatic carbocycles. The molecule has 0 bridgehead atoms. The maximum Gasteiger partial charge on any atom is 0.410 e. The van der Waals surface area contributed by atoms with Crippen molar-refractivity contribution >= 4 is 12.0 Å². The molecule has 1 aliphatic heterocycles. The molecule has 0 aliphatic carbocycles. The quantitative estimate of drug-likeness (QED) is 0.800. The van der Waals surface area contributed by atoms with E-state index >= 15 is 0 Å². The van der Waals surface area contributed by atoms with Crippen molar-refractivity contribution in [3.63, 3.8) is 0 Å². The molecule has 0 radical (unpaired) electrons. The van der Waals surface area contributed by atoms with E-state index in [1.54, 1.807) is 4.90 Å². The van der Waals surface area contributed by atoms with Crippen LogP contribution in [0.4, 0.5) is 4.79 Å². The molecule has 0 spiro atoms. The molecule has 0 N–H and O–H groups in total. The van der Waals surface area contributed by atoms with E-state index in [9.17, 15) is 9.59 Å². The zero-order valence-electron chi connectivity index (χ0n) is 13.4. The van der Waals surface area contributed by atoms with Gasteiger partial charge in [0.2, 0.25) is 5.91 Å². The number of rotatable bonds is 3. The van der Waals surface area contributed by atoms with Crippen LogP contribution in [0.25, 0.3) is 0 Å². The van der Waals surface area contributed by atoms with Gasteiger partial charge in [0.05, 0.1) is 0 Å². The summed E-state index contributed by atoms with van der Waals surface area (Å²) < 4.78 is 5.35. The molecule has 2 amide bonds. The maximum absolute atomic E-state index is 12.3. The third-order valence-electron chi connectivity index (χ3n) is 3.57. The topological polar surface area (TPSA) is 49.9 Å². The zero-order valence-corrected chi connectivity index (χ0v) is 13.4. The largest absolute Gasteiger partial charge is 0.444 e. The van der Waals surface area contributed by atoms with Crippen LogP contribution in [0, 0.1) is 5.92 Å². The van der Waals surface area contributed by atoms with E-state index in [1.807, 2.05) is 39.5 Å². The highest BCUT2D eigenvalue weighted by atomic mass is 16.6. The molecule has 0 atom stereocenters. The second-order valence-electron chi connectivity index (χ2n) is 6.25. The molecule has 1 saturated heterocycles. The first-order valence-electron chi connectivity index (χ1n) is 7.55. The van der Waals surface area contributed by atoms with Crippen molar-refractivity contribution in [2.75, 3.05) is 26.2 Å². The Hall–Kier alpha value is -1.26. The normalized spacial score (nSPS) is 16.9. The molecule has 1 heterocycles. The summed E-state index contributed by atoms with van der Waals surface area (Å²) in [5.74, 6) is 0.271. The van der Waals surface area contributed by atoms with E-state index in [2.05, 4.69) is 0 Å². The third-order valence-corrected chi connectivity index (χ3v) is 3.57. The van der Waals surface area contributed by atoms with Crippen LogP contribution in [0.1, 0.15) is 47.5 Å². The monoisotopic (exact) mass is 284 g/mol. The van der Waals surface area contributed by atoms with Gasteiger partial charge < -0.3 is 14.5 Å². The van der Waals surface area contributed by atoms with E-state index in [4.69, 9.17) is 4.74 Å². The Labute approximate surface area is 122 Å². The van der Waals surface area contributed by atoms with E-state index in [-0.39, 0.29) is 17.9 Å². The molecular formula is C15H28N2O3. The number of ether oxygens (including phenoxy) is 1. The second-order valence-corrected chi connectivity index (χ2v) is 6.25. The van der Waals surface area contributed by atoms with Gasteiger partial charge in [-0.1, -0.05) is 0 Å². The summed E-state index contributed by atoms with van der Waals surface area (Å²) >= 11 is 0. The molecule has 0 aromatic rings. The van der Waals surface area contributed by atoms with Gasteiger partial charge in [0.25, 0.3) is 0 Å². The molecule has 20 heavy (non-hydrogen) atoms. The molecular weight excluding hydrogens is 256 g/mol. The van der Waals surface area contributed by atoms with Crippen molar-refractivity contribution in [3.05, 3.63) is 0 Å². The Morgan fingerprint density at radius 1 is 1.15 bits per heavy atom. The Balaban J connectivity index is 2.47. The number of carbonyl (C=O) groups excluding carboxylic acids is 2. The van der Waals surface area contributed by atoms with Gasteiger partial charge in [-0.3, -0.25) is 4.79 Å². The van der Waals surface area contributed by atoms with Crippen molar-refractivity contribution in [1.29, 1.82) is 0 Å². The van der Waals surface area contributed by atoms with Crippen LogP contribution in [-0.4, -0.2) is 53.6 Å². The Morgan fingerprint density at radius 3 is 2.05 bits per heavy atom. The van der Waals surface area contributed by atoms with Gasteiger partial charge in [-0.2, -0.15) is 0 Å². The van der Waals surface area contributed by atoms with Gasteiger partial charge in [-0.15, -0.1) is 0 Å². The van der Waals surface area contributed by atoms with Crippen molar-refractivity contribution in [3.8, 4) is 0 Å². The third kappa shape index (κ3) is 4.69. The van der Waals surface area contributed by atoms with E-state index < -0.39 is 5.60 Å². The molecule has 1 aliphatic rings. The molecule has 0 saturated carbocycles. The summed E-state index contributed by atoms with van der Waals surface area (Å²) in [5.41, 5.74) is -0.467. The Bertz CT molecular complexity index is 338. The van der Waals surface area contributed by atoms with Crippen LogP contribution >= 0.6 is 0 Å². The number of hydrogen-bond donors (Lipinski definition) is 0. The molecule has 1 fully saturated rings. The van der Waals surface area contributed by atoms with Crippen LogP contribution in [0.3, 0.4) is 0 Å². The molecule has 116 valence electrons. The fourth-order valence-electron chi connectivity index (χ4n) is 2.43. The zero-order chi connectivity index (χ0) is 15.3. The highest BCUT2D eigenvalue weighted by molar-refractivity contribution is 5.79. The Kier molecular flexibility index (Phi) is 5.84. The highest BCUT2D eigenvalue weighted by Crippen LogP contribution is 2.21. The van der Waals surface area contributed by atoms with Crippen LogP contribution in [0.15, 0.2) is 0 Å². The van der Waals surface area contributed by atoms with Gasteiger partial charge in [0.1, 0.15) is 5.60 Å². The lowest BCUT2D eigenvalue weighted by molar-refractivity contribution is -0.136. The molecule has 1 rings (SSSR count). The maximum atomic E-state index is 12.3. The smallest absolute Gasteiger partial charge is 0.410 e. The predicted octanol–water partition coefficient (Wildman–Crippen LogP) is 2.50. The summed E-state index contributed by atoms with van der Waals surface area (Å²) in [7, 11) is 0. The summed E-state index contributed by atoms with van der Waals surface area (Å²) in [6.45, 7) is 12.3. The van der Waals surface area contributed by atoms with Crippen molar-refractivity contribution < 1.29 is 14.3 Å². The summed E-state index contributed by atoms with van der Waals surface area (Å²) in [4.78, 5) is 27.8. The minimum atomic E-state index is -0.467. The molecule has 5 heteroatoms. The summed E-state index contributed by atoms with van der Waals surface area (Å²) in [6.07, 6.45) is 1.19. The number of amides is 2. The number of piperidine rings is 1. The van der Waals surface area contributed by atoms with E-state index in [1.165, 1.54) is 0 Å². The molecule has 0 aromatic heterocycles. The lowest BCUT2D eigenvalue weighted by atomic mass is 9.95. The minimum absolute atomic E-state index is 0.0496. The number of carbonyl (C=O) groups is 2. The number of likely N-dealkylation sites (tertiary alicyclic amines) is 1. The molecule has 0 unspecified atom stereocenters. The predicted molar refractivity (Wildman–Crippen MR) is 78.5 cm³/mol. The summed E-state index contributed by atoms with van der Waals surface area (Å²) in [6, 6.07) is 0. The average Bonchev–Trinajstić information content (AvgIpc) is 2.38. The SMILES string of the molecule is CCN(CC)C(=O)C1CCN(C(=O)OC(C)(C)C)CC1. The highest BCUT2D eigenvalue weighted by Gasteiger charge is 2.31. The van der Waals surface area contributed by atoms with Crippen LogP contribution in [-0.2, 0) is 9.53 Å². The second kappa shape index (κ2) is 6.95. The van der Waals surface area contributed by atoms with Gasteiger partial charge >= 0.3 is 6.09 Å². The standard InChI is InChI=1S/C15H28N2O3/c1-6-16(7-2)13(18)12-8-10-17(11-9-12)14(19)20-15(3,4)5/h12H,6-11H2,1-5H3. The van der Waals surface area contributed by atoms with Crippen molar-refractivity contribution in [2.24, 2.45) is 5.92 Å². The fourth-order valence-corrected chi connectivity index (χ4v) is 2.43. The average molecular weight is 284 g/mol. The van der Waals surface area contributed by atoms with Crippen LogP contribution < -0.4 is 0 Å². The fraction of sp³-hybridized carbons (Fsp3) is 0.867. The van der Waals surface area contributed by atoms with Crippen LogP contribution in [0.2, 0.25) is 0 Å². The van der Waals surface area contributed by atoms with E-state index in [0.717, 1.165) is 25.9 Å². The summed E-state index contributed by atoms with van der Waals surface area (Å²) in [5, 5.41) is 0. The first-order valence-corrected chi connectivity index (χ1v) is 7.55. The van der Waals surface area contributed by atoms with E-state index in [0.29, 0.717) is 13.1 Å². The van der Waals surface area contributed by atoms with Gasteiger partial charge in [0.15, 0.2) is 0 Å². The van der Waals surface area contributed by atoms with Gasteiger partial charge in [0, 0.05) is 32.1 Å². The van der Waals surface area contributed by atoms with Crippen molar-refractivity contribution in [2.45, 2.75) is 53.1 Å². The molecule has 5 nitrogen and oxygen atoms in total.